The molecule has 5 nitrogen and oxygen atoms in total. The molecule has 1 aliphatic heterocycles. The molecule has 1 fully saturated rings. The first kappa shape index (κ1) is 22.2. The lowest BCUT2D eigenvalue weighted by Gasteiger charge is -2.28. The van der Waals surface area contributed by atoms with Gasteiger partial charge in [0, 0.05) is 48.9 Å². The van der Waals surface area contributed by atoms with Gasteiger partial charge in [0.1, 0.15) is 5.75 Å². The van der Waals surface area contributed by atoms with Gasteiger partial charge < -0.3 is 20.3 Å². The van der Waals surface area contributed by atoms with Crippen molar-refractivity contribution in [2.24, 2.45) is 4.99 Å². The third kappa shape index (κ3) is 6.79. The Kier molecular flexibility index (Phi) is 8.62. The number of ether oxygens (including phenoxy) is 1. The van der Waals surface area contributed by atoms with Crippen molar-refractivity contribution in [3.63, 3.8) is 0 Å². The lowest BCUT2D eigenvalue weighted by atomic mass is 10.2. The Hall–Kier alpha value is -2.48. The van der Waals surface area contributed by atoms with Gasteiger partial charge in [0.05, 0.1) is 6.54 Å². The van der Waals surface area contributed by atoms with Crippen LogP contribution in [-0.4, -0.2) is 43.7 Å². The van der Waals surface area contributed by atoms with Gasteiger partial charge in [-0.15, -0.1) is 0 Å². The summed E-state index contributed by atoms with van der Waals surface area (Å²) >= 11 is 2.00. The number of hydrogen-bond donors (Lipinski definition) is 2. The average molecular weight is 435 g/mol. The molecule has 0 saturated carbocycles. The van der Waals surface area contributed by atoms with Crippen LogP contribution in [-0.2, 0) is 13.1 Å². The van der Waals surface area contributed by atoms with E-state index < -0.39 is 6.61 Å². The van der Waals surface area contributed by atoms with E-state index in [1.54, 1.807) is 18.2 Å². The van der Waals surface area contributed by atoms with Crippen LogP contribution in [0, 0.1) is 0 Å². The van der Waals surface area contributed by atoms with Crippen molar-refractivity contribution < 1.29 is 13.5 Å². The lowest BCUT2D eigenvalue weighted by Crippen LogP contribution is -2.36. The summed E-state index contributed by atoms with van der Waals surface area (Å²) in [5.74, 6) is 3.15. The Labute approximate surface area is 180 Å². The van der Waals surface area contributed by atoms with Crippen LogP contribution < -0.4 is 20.3 Å². The number of nitrogens with one attached hydrogen (secondary N) is 2. The SMILES string of the molecule is CCNC(=NCc1ccc(N2CCSCC2)cc1)NCc1ccccc1OC(F)F. The second kappa shape index (κ2) is 11.6. The zero-order valence-electron chi connectivity index (χ0n) is 17.1. The fourth-order valence-electron chi connectivity index (χ4n) is 3.19. The third-order valence-corrected chi connectivity index (χ3v) is 5.65. The average Bonchev–Trinajstić information content (AvgIpc) is 2.77. The highest BCUT2D eigenvalue weighted by atomic mass is 32.2. The molecule has 0 aliphatic carbocycles. The third-order valence-electron chi connectivity index (χ3n) is 4.71. The van der Waals surface area contributed by atoms with Crippen LogP contribution in [0.4, 0.5) is 14.5 Å². The van der Waals surface area contributed by atoms with Gasteiger partial charge in [-0.1, -0.05) is 30.3 Å². The molecule has 1 saturated heterocycles. The summed E-state index contributed by atoms with van der Waals surface area (Å²) in [6.07, 6.45) is 0. The summed E-state index contributed by atoms with van der Waals surface area (Å²) < 4.78 is 29.8. The van der Waals surface area contributed by atoms with Crippen molar-refractivity contribution in [2.75, 3.05) is 36.0 Å². The second-order valence-electron chi connectivity index (χ2n) is 6.80. The van der Waals surface area contributed by atoms with E-state index in [2.05, 4.69) is 49.5 Å². The van der Waals surface area contributed by atoms with Gasteiger partial charge in [0.2, 0.25) is 0 Å². The van der Waals surface area contributed by atoms with Crippen molar-refractivity contribution in [1.82, 2.24) is 10.6 Å². The minimum atomic E-state index is -2.85. The summed E-state index contributed by atoms with van der Waals surface area (Å²) in [6.45, 7) is 2.88. The Balaban J connectivity index is 1.59. The topological polar surface area (TPSA) is 48.9 Å². The van der Waals surface area contributed by atoms with Crippen LogP contribution in [0.5, 0.6) is 5.75 Å². The normalized spacial score (nSPS) is 14.7. The Bertz CT molecular complexity index is 811. The van der Waals surface area contributed by atoms with Crippen molar-refractivity contribution in [2.45, 2.75) is 26.6 Å². The molecule has 0 spiro atoms. The quantitative estimate of drug-likeness (QED) is 0.484. The number of guanidine groups is 1. The molecule has 2 N–H and O–H groups in total. The molecular formula is C22H28F2N4OS. The number of rotatable bonds is 8. The number of hydrogen-bond acceptors (Lipinski definition) is 4. The lowest BCUT2D eigenvalue weighted by molar-refractivity contribution is -0.0504. The molecule has 0 amide bonds. The molecule has 0 bridgehead atoms. The predicted molar refractivity (Wildman–Crippen MR) is 121 cm³/mol. The van der Waals surface area contributed by atoms with Crippen LogP contribution in [0.2, 0.25) is 0 Å². The summed E-state index contributed by atoms with van der Waals surface area (Å²) in [5.41, 5.74) is 3.01. The van der Waals surface area contributed by atoms with Gasteiger partial charge in [-0.3, -0.25) is 0 Å². The largest absolute Gasteiger partial charge is 0.434 e. The van der Waals surface area contributed by atoms with Crippen LogP contribution in [0.25, 0.3) is 0 Å². The number of aliphatic imine (C=N–C) groups is 1. The number of nitrogens with zero attached hydrogens (tertiary/aromatic N) is 2. The molecule has 0 radical (unpaired) electrons. The van der Waals surface area contributed by atoms with Crippen molar-refractivity contribution in [3.8, 4) is 5.75 Å². The highest BCUT2D eigenvalue weighted by Gasteiger charge is 2.11. The fourth-order valence-corrected chi connectivity index (χ4v) is 4.09. The van der Waals surface area contributed by atoms with Gasteiger partial charge in [0.15, 0.2) is 5.96 Å². The molecule has 2 aromatic carbocycles. The van der Waals surface area contributed by atoms with E-state index in [1.807, 2.05) is 18.7 Å². The predicted octanol–water partition coefficient (Wildman–Crippen LogP) is 4.10. The number of benzene rings is 2. The number of para-hydroxylation sites is 1. The molecule has 3 rings (SSSR count). The highest BCUT2D eigenvalue weighted by molar-refractivity contribution is 7.99. The van der Waals surface area contributed by atoms with Crippen molar-refractivity contribution >= 4 is 23.4 Å². The highest BCUT2D eigenvalue weighted by Crippen LogP contribution is 2.21. The summed E-state index contributed by atoms with van der Waals surface area (Å²) in [6, 6.07) is 15.3. The smallest absolute Gasteiger partial charge is 0.387 e. The van der Waals surface area contributed by atoms with E-state index in [9.17, 15) is 8.78 Å². The fraction of sp³-hybridized carbons (Fsp3) is 0.409. The van der Waals surface area contributed by atoms with E-state index in [4.69, 9.17) is 0 Å². The first-order chi connectivity index (χ1) is 14.7. The molecule has 1 heterocycles. The van der Waals surface area contributed by atoms with E-state index >= 15 is 0 Å². The first-order valence-electron chi connectivity index (χ1n) is 10.1. The van der Waals surface area contributed by atoms with Crippen LogP contribution >= 0.6 is 11.8 Å². The molecule has 1 aliphatic rings. The van der Waals surface area contributed by atoms with Gasteiger partial charge >= 0.3 is 6.61 Å². The Morgan fingerprint density at radius 2 is 1.83 bits per heavy atom. The number of anilines is 1. The van der Waals surface area contributed by atoms with E-state index in [0.717, 1.165) is 18.7 Å². The van der Waals surface area contributed by atoms with Gasteiger partial charge in [0.25, 0.3) is 0 Å². The van der Waals surface area contributed by atoms with E-state index in [1.165, 1.54) is 23.3 Å². The monoisotopic (exact) mass is 434 g/mol. The van der Waals surface area contributed by atoms with Crippen LogP contribution in [0.15, 0.2) is 53.5 Å². The molecule has 0 atom stereocenters. The number of alkyl halides is 2. The van der Waals surface area contributed by atoms with Crippen molar-refractivity contribution in [3.05, 3.63) is 59.7 Å². The van der Waals surface area contributed by atoms with Crippen molar-refractivity contribution in [1.29, 1.82) is 0 Å². The maximum absolute atomic E-state index is 12.6. The maximum Gasteiger partial charge on any atom is 0.387 e. The van der Waals surface area contributed by atoms with E-state index in [0.29, 0.717) is 31.2 Å². The Morgan fingerprint density at radius 3 is 2.53 bits per heavy atom. The summed E-state index contributed by atoms with van der Waals surface area (Å²) in [7, 11) is 0. The van der Waals surface area contributed by atoms with Gasteiger partial charge in [-0.2, -0.15) is 20.5 Å². The molecule has 0 unspecified atom stereocenters. The summed E-state index contributed by atoms with van der Waals surface area (Å²) in [4.78, 5) is 7.03. The second-order valence-corrected chi connectivity index (χ2v) is 8.03. The number of thioether (sulfide) groups is 1. The van der Waals surface area contributed by atoms with Gasteiger partial charge in [-0.25, -0.2) is 4.99 Å². The molecule has 30 heavy (non-hydrogen) atoms. The minimum Gasteiger partial charge on any atom is -0.434 e. The zero-order valence-corrected chi connectivity index (χ0v) is 17.9. The maximum atomic E-state index is 12.6. The van der Waals surface area contributed by atoms with Crippen LogP contribution in [0.1, 0.15) is 18.1 Å². The standard InChI is InChI=1S/C22H28F2N4OS/c1-2-25-22(27-16-18-5-3-4-6-20(18)29-21(23)24)26-15-17-7-9-19(10-8-17)28-11-13-30-14-12-28/h3-10,21H,2,11-16H2,1H3,(H2,25,26,27). The first-order valence-corrected chi connectivity index (χ1v) is 11.3. The van der Waals surface area contributed by atoms with E-state index in [-0.39, 0.29) is 5.75 Å². The molecule has 8 heteroatoms. The number of halogens is 2. The molecular weight excluding hydrogens is 406 g/mol. The summed E-state index contributed by atoms with van der Waals surface area (Å²) in [5, 5.41) is 6.37. The Morgan fingerprint density at radius 1 is 1.10 bits per heavy atom. The molecule has 162 valence electrons. The zero-order chi connectivity index (χ0) is 21.2. The van der Waals surface area contributed by atoms with Crippen LogP contribution in [0.3, 0.4) is 0 Å². The molecule has 2 aromatic rings. The van der Waals surface area contributed by atoms with Gasteiger partial charge in [-0.05, 0) is 30.7 Å². The minimum absolute atomic E-state index is 0.169. The molecule has 0 aromatic heterocycles.